The predicted molar refractivity (Wildman–Crippen MR) is 50.3 cm³/mol. The molecule has 2 rings (SSSR count). The SMILES string of the molecule is O=c1ccc2ccccc2[nH]1.[Mg]. The van der Waals surface area contributed by atoms with Crippen molar-refractivity contribution in [3.63, 3.8) is 0 Å². The van der Waals surface area contributed by atoms with E-state index in [2.05, 4.69) is 4.98 Å². The van der Waals surface area contributed by atoms with Crippen molar-refractivity contribution in [1.29, 1.82) is 0 Å². The number of aromatic nitrogens is 1. The minimum absolute atomic E-state index is 0. The topological polar surface area (TPSA) is 32.9 Å². The molecule has 0 aliphatic carbocycles. The van der Waals surface area contributed by atoms with Crippen molar-refractivity contribution in [3.8, 4) is 0 Å². The molecule has 1 aromatic heterocycles. The predicted octanol–water partition coefficient (Wildman–Crippen LogP) is 1.15. The van der Waals surface area contributed by atoms with Crippen molar-refractivity contribution in [1.82, 2.24) is 4.98 Å². The number of rotatable bonds is 0. The van der Waals surface area contributed by atoms with Crippen LogP contribution in [0.25, 0.3) is 10.9 Å². The maximum atomic E-state index is 10.8. The van der Waals surface area contributed by atoms with Gasteiger partial charge in [-0.2, -0.15) is 0 Å². The highest BCUT2D eigenvalue weighted by molar-refractivity contribution is 5.77. The smallest absolute Gasteiger partial charge is 0.248 e. The summed E-state index contributed by atoms with van der Waals surface area (Å²) in [4.78, 5) is 13.6. The molecule has 1 N–H and O–H groups in total. The Labute approximate surface area is 85.8 Å². The molecular weight excluding hydrogens is 162 g/mol. The Morgan fingerprint density at radius 1 is 1.00 bits per heavy atom. The van der Waals surface area contributed by atoms with Crippen LogP contribution < -0.4 is 5.56 Å². The molecule has 2 nitrogen and oxygen atoms in total. The molecular formula is C9H7MgNO. The van der Waals surface area contributed by atoms with Gasteiger partial charge in [-0.1, -0.05) is 18.2 Å². The van der Waals surface area contributed by atoms with Gasteiger partial charge in [0.1, 0.15) is 0 Å². The monoisotopic (exact) mass is 169 g/mol. The second-order valence-corrected chi connectivity index (χ2v) is 2.41. The number of hydrogen-bond donors (Lipinski definition) is 1. The molecule has 56 valence electrons. The third-order valence-electron chi connectivity index (χ3n) is 1.63. The van der Waals surface area contributed by atoms with E-state index in [1.165, 1.54) is 6.07 Å². The lowest BCUT2D eigenvalue weighted by atomic mass is 10.2. The average Bonchev–Trinajstić information content (AvgIpc) is 2.04. The molecule has 3 heteroatoms. The molecule has 0 bridgehead atoms. The summed E-state index contributed by atoms with van der Waals surface area (Å²) in [6.45, 7) is 0. The largest absolute Gasteiger partial charge is 0.322 e. The normalized spacial score (nSPS) is 9.33. The van der Waals surface area contributed by atoms with Gasteiger partial charge in [0, 0.05) is 34.6 Å². The first-order chi connectivity index (χ1) is 5.36. The summed E-state index contributed by atoms with van der Waals surface area (Å²) >= 11 is 0. The van der Waals surface area contributed by atoms with Gasteiger partial charge in [0.2, 0.25) is 5.56 Å². The second-order valence-electron chi connectivity index (χ2n) is 2.41. The van der Waals surface area contributed by atoms with Crippen LogP contribution in [-0.4, -0.2) is 28.0 Å². The minimum atomic E-state index is -0.0521. The van der Waals surface area contributed by atoms with Gasteiger partial charge in [-0.3, -0.25) is 4.79 Å². The van der Waals surface area contributed by atoms with E-state index >= 15 is 0 Å². The number of pyridine rings is 1. The van der Waals surface area contributed by atoms with Gasteiger partial charge in [-0.25, -0.2) is 0 Å². The highest BCUT2D eigenvalue weighted by atomic mass is 24.3. The average molecular weight is 169 g/mol. The first-order valence-corrected chi connectivity index (χ1v) is 3.44. The van der Waals surface area contributed by atoms with Gasteiger partial charge < -0.3 is 4.98 Å². The molecule has 0 fully saturated rings. The fourth-order valence-corrected chi connectivity index (χ4v) is 1.10. The fraction of sp³-hybridized carbons (Fsp3) is 0. The quantitative estimate of drug-likeness (QED) is 0.590. The summed E-state index contributed by atoms with van der Waals surface area (Å²) in [5, 5.41) is 1.06. The standard InChI is InChI=1S/C9H7NO.Mg/c11-9-6-5-7-3-1-2-4-8(7)10-9;/h1-6H,(H,10,11);. The van der Waals surface area contributed by atoms with Crippen LogP contribution >= 0.6 is 0 Å². The Hall–Kier alpha value is -0.804. The van der Waals surface area contributed by atoms with Gasteiger partial charge in [-0.05, 0) is 17.5 Å². The minimum Gasteiger partial charge on any atom is -0.322 e. The van der Waals surface area contributed by atoms with E-state index in [0.29, 0.717) is 0 Å². The molecule has 0 amide bonds. The van der Waals surface area contributed by atoms with Gasteiger partial charge in [0.15, 0.2) is 0 Å². The Bertz CT molecular complexity index is 435. The highest BCUT2D eigenvalue weighted by Crippen LogP contribution is 2.06. The first kappa shape index (κ1) is 9.29. The molecule has 0 aliphatic rings. The van der Waals surface area contributed by atoms with Crippen LogP contribution in [0.5, 0.6) is 0 Å². The summed E-state index contributed by atoms with van der Waals surface area (Å²) in [6.07, 6.45) is 0. The molecule has 0 unspecified atom stereocenters. The van der Waals surface area contributed by atoms with E-state index < -0.39 is 0 Å². The molecule has 0 saturated carbocycles. The van der Waals surface area contributed by atoms with Crippen molar-refractivity contribution in [2.45, 2.75) is 0 Å². The number of nitrogens with one attached hydrogen (secondary N) is 1. The van der Waals surface area contributed by atoms with Crippen molar-refractivity contribution >= 4 is 34.0 Å². The zero-order chi connectivity index (χ0) is 7.68. The lowest BCUT2D eigenvalue weighted by molar-refractivity contribution is 1.31. The zero-order valence-corrected chi connectivity index (χ0v) is 7.99. The molecule has 0 spiro atoms. The maximum absolute atomic E-state index is 10.8. The van der Waals surface area contributed by atoms with E-state index in [1.807, 2.05) is 30.3 Å². The number of fused-ring (bicyclic) bond motifs is 1. The molecule has 2 radical (unpaired) electrons. The molecule has 0 atom stereocenters. The lowest BCUT2D eigenvalue weighted by Crippen LogP contribution is -2.01. The molecule has 1 heterocycles. The number of H-pyrrole nitrogens is 1. The number of benzene rings is 1. The van der Waals surface area contributed by atoms with Crippen LogP contribution in [0.15, 0.2) is 41.2 Å². The van der Waals surface area contributed by atoms with Gasteiger partial charge in [0.05, 0.1) is 0 Å². The highest BCUT2D eigenvalue weighted by Gasteiger charge is 1.89. The van der Waals surface area contributed by atoms with E-state index in [-0.39, 0.29) is 28.6 Å². The van der Waals surface area contributed by atoms with Crippen molar-refractivity contribution in [3.05, 3.63) is 46.8 Å². The van der Waals surface area contributed by atoms with Crippen LogP contribution in [0, 0.1) is 0 Å². The molecule has 2 aromatic rings. The van der Waals surface area contributed by atoms with Crippen LogP contribution in [0.4, 0.5) is 0 Å². The van der Waals surface area contributed by atoms with Crippen LogP contribution in [-0.2, 0) is 0 Å². The Morgan fingerprint density at radius 2 is 1.75 bits per heavy atom. The summed E-state index contributed by atoms with van der Waals surface area (Å²) in [7, 11) is 0. The van der Waals surface area contributed by atoms with Crippen molar-refractivity contribution < 1.29 is 0 Å². The van der Waals surface area contributed by atoms with E-state index in [1.54, 1.807) is 0 Å². The first-order valence-electron chi connectivity index (χ1n) is 3.44. The Kier molecular flexibility index (Phi) is 2.89. The zero-order valence-electron chi connectivity index (χ0n) is 6.58. The summed E-state index contributed by atoms with van der Waals surface area (Å²) < 4.78 is 0. The summed E-state index contributed by atoms with van der Waals surface area (Å²) in [5.74, 6) is 0. The van der Waals surface area contributed by atoms with E-state index in [4.69, 9.17) is 0 Å². The van der Waals surface area contributed by atoms with E-state index in [9.17, 15) is 4.79 Å². The summed E-state index contributed by atoms with van der Waals surface area (Å²) in [6, 6.07) is 11.0. The van der Waals surface area contributed by atoms with Crippen LogP contribution in [0.1, 0.15) is 0 Å². The van der Waals surface area contributed by atoms with Gasteiger partial charge >= 0.3 is 0 Å². The molecule has 1 aromatic carbocycles. The summed E-state index contributed by atoms with van der Waals surface area (Å²) in [5.41, 5.74) is 0.837. The Balaban J connectivity index is 0.000000720. The van der Waals surface area contributed by atoms with Gasteiger partial charge in [0.25, 0.3) is 0 Å². The fourth-order valence-electron chi connectivity index (χ4n) is 1.10. The third kappa shape index (κ3) is 1.68. The van der Waals surface area contributed by atoms with Crippen molar-refractivity contribution in [2.24, 2.45) is 0 Å². The van der Waals surface area contributed by atoms with Crippen LogP contribution in [0.2, 0.25) is 0 Å². The molecule has 0 saturated heterocycles. The molecule has 0 aliphatic heterocycles. The number of hydrogen-bond acceptors (Lipinski definition) is 1. The van der Waals surface area contributed by atoms with Crippen molar-refractivity contribution in [2.75, 3.05) is 0 Å². The number of para-hydroxylation sites is 1. The molecule has 12 heavy (non-hydrogen) atoms. The van der Waals surface area contributed by atoms with Gasteiger partial charge in [-0.15, -0.1) is 0 Å². The van der Waals surface area contributed by atoms with Crippen LogP contribution in [0.3, 0.4) is 0 Å². The third-order valence-corrected chi connectivity index (χ3v) is 1.63. The lowest BCUT2D eigenvalue weighted by Gasteiger charge is -1.93. The second kappa shape index (κ2) is 3.73. The Morgan fingerprint density at radius 3 is 2.58 bits per heavy atom. The maximum Gasteiger partial charge on any atom is 0.248 e. The number of aromatic amines is 1. The van der Waals surface area contributed by atoms with E-state index in [0.717, 1.165) is 10.9 Å².